The quantitative estimate of drug-likeness (QED) is 0.403. The molecule has 0 aliphatic carbocycles. The van der Waals surface area contributed by atoms with Gasteiger partial charge in [0.05, 0.1) is 34.4 Å². The molecule has 0 unspecified atom stereocenters. The number of carbonyl (C=O) groups is 1. The normalized spacial score (nSPS) is 14.0. The van der Waals surface area contributed by atoms with Crippen molar-refractivity contribution in [3.8, 4) is 16.3 Å². The molecule has 0 atom stereocenters. The number of methoxy groups -OCH3 is 1. The number of fused-ring (bicyclic) bond motifs is 1. The summed E-state index contributed by atoms with van der Waals surface area (Å²) in [6.45, 7) is 7.01. The number of anilines is 1. The topological polar surface area (TPSA) is 45.7 Å². The number of aryl methyl sites for hydroxylation is 2. The van der Waals surface area contributed by atoms with Gasteiger partial charge in [-0.2, -0.15) is 0 Å². The summed E-state index contributed by atoms with van der Waals surface area (Å²) >= 11 is 1.70. The Morgan fingerprint density at radius 1 is 0.970 bits per heavy atom. The third kappa shape index (κ3) is 4.18. The molecule has 1 fully saturated rings. The lowest BCUT2D eigenvalue weighted by atomic mass is 10.0. The molecule has 0 bridgehead atoms. The van der Waals surface area contributed by atoms with E-state index in [0.717, 1.165) is 57.1 Å². The average molecular weight is 458 g/mol. The highest BCUT2D eigenvalue weighted by Crippen LogP contribution is 2.32. The zero-order valence-electron chi connectivity index (χ0n) is 19.2. The van der Waals surface area contributed by atoms with Gasteiger partial charge in [-0.15, -0.1) is 11.3 Å². The lowest BCUT2D eigenvalue weighted by molar-refractivity contribution is 0.0748. The summed E-state index contributed by atoms with van der Waals surface area (Å²) in [6.07, 6.45) is 0. The molecule has 168 valence electrons. The van der Waals surface area contributed by atoms with Crippen molar-refractivity contribution in [2.24, 2.45) is 0 Å². The number of carbonyl (C=O) groups excluding carboxylic acids is 1. The summed E-state index contributed by atoms with van der Waals surface area (Å²) in [5.41, 5.74) is 4.66. The molecule has 6 heteroatoms. The van der Waals surface area contributed by atoms with Crippen LogP contribution in [0.3, 0.4) is 0 Å². The van der Waals surface area contributed by atoms with Crippen LogP contribution in [0.4, 0.5) is 5.69 Å². The minimum atomic E-state index is 0.0715. The van der Waals surface area contributed by atoms with Crippen LogP contribution in [0.15, 0.2) is 60.7 Å². The zero-order valence-corrected chi connectivity index (χ0v) is 20.0. The number of benzene rings is 2. The molecule has 1 saturated heterocycles. The lowest BCUT2D eigenvalue weighted by Gasteiger charge is -2.36. The van der Waals surface area contributed by atoms with Crippen molar-refractivity contribution in [2.45, 2.75) is 13.8 Å². The summed E-state index contributed by atoms with van der Waals surface area (Å²) in [7, 11) is 1.70. The van der Waals surface area contributed by atoms with Crippen molar-refractivity contribution < 1.29 is 9.53 Å². The maximum absolute atomic E-state index is 13.7. The van der Waals surface area contributed by atoms with Crippen molar-refractivity contribution in [2.75, 3.05) is 38.2 Å². The molecule has 33 heavy (non-hydrogen) atoms. The van der Waals surface area contributed by atoms with Gasteiger partial charge in [0.25, 0.3) is 5.91 Å². The fourth-order valence-corrected chi connectivity index (χ4v) is 5.25. The van der Waals surface area contributed by atoms with Gasteiger partial charge in [-0.3, -0.25) is 4.79 Å². The van der Waals surface area contributed by atoms with E-state index in [4.69, 9.17) is 9.72 Å². The highest BCUT2D eigenvalue weighted by atomic mass is 32.1. The van der Waals surface area contributed by atoms with Crippen molar-refractivity contribution >= 4 is 33.8 Å². The van der Waals surface area contributed by atoms with Crippen LogP contribution in [-0.2, 0) is 0 Å². The van der Waals surface area contributed by atoms with Crippen LogP contribution in [0.2, 0.25) is 0 Å². The number of nitrogens with zero attached hydrogens (tertiary/aromatic N) is 3. The van der Waals surface area contributed by atoms with E-state index in [0.29, 0.717) is 13.1 Å². The van der Waals surface area contributed by atoms with E-state index in [1.54, 1.807) is 18.4 Å². The fraction of sp³-hybridized carbons (Fsp3) is 0.259. The predicted molar refractivity (Wildman–Crippen MR) is 136 cm³/mol. The molecule has 1 amide bonds. The van der Waals surface area contributed by atoms with Gasteiger partial charge in [0.2, 0.25) is 0 Å². The minimum Gasteiger partial charge on any atom is -0.495 e. The maximum atomic E-state index is 13.7. The van der Waals surface area contributed by atoms with E-state index in [1.165, 1.54) is 4.88 Å². The third-order valence-corrected chi connectivity index (χ3v) is 7.20. The fourth-order valence-electron chi connectivity index (χ4n) is 4.43. The van der Waals surface area contributed by atoms with E-state index in [9.17, 15) is 4.79 Å². The number of aromatic nitrogens is 1. The average Bonchev–Trinajstić information content (AvgIpc) is 3.29. The van der Waals surface area contributed by atoms with E-state index < -0.39 is 0 Å². The SMILES string of the molecule is COc1ccccc1N1CCN(C(=O)c2cc(-c3ccc(C)s3)nc3ccc(C)cc23)CC1. The van der Waals surface area contributed by atoms with Crippen LogP contribution >= 0.6 is 11.3 Å². The monoisotopic (exact) mass is 457 g/mol. The zero-order chi connectivity index (χ0) is 22.9. The third-order valence-electron chi connectivity index (χ3n) is 6.18. The molecule has 1 aliphatic heterocycles. The molecule has 2 aromatic heterocycles. The van der Waals surface area contributed by atoms with E-state index in [1.807, 2.05) is 35.2 Å². The number of thiophene rings is 1. The van der Waals surface area contributed by atoms with Crippen molar-refractivity contribution in [3.63, 3.8) is 0 Å². The summed E-state index contributed by atoms with van der Waals surface area (Å²) < 4.78 is 5.53. The van der Waals surface area contributed by atoms with Crippen molar-refractivity contribution in [1.82, 2.24) is 9.88 Å². The predicted octanol–water partition coefficient (Wildman–Crippen LogP) is 5.55. The Hall–Kier alpha value is -3.38. The van der Waals surface area contributed by atoms with Crippen molar-refractivity contribution in [3.05, 3.63) is 76.7 Å². The van der Waals surface area contributed by atoms with E-state index in [2.05, 4.69) is 49.1 Å². The van der Waals surface area contributed by atoms with Crippen LogP contribution in [0.1, 0.15) is 20.8 Å². The molecule has 0 N–H and O–H groups in total. The molecule has 0 saturated carbocycles. The lowest BCUT2D eigenvalue weighted by Crippen LogP contribution is -2.49. The highest BCUT2D eigenvalue weighted by molar-refractivity contribution is 7.15. The molecular weight excluding hydrogens is 430 g/mol. The first-order valence-corrected chi connectivity index (χ1v) is 12.0. The summed E-state index contributed by atoms with van der Waals surface area (Å²) in [5.74, 6) is 0.936. The molecule has 0 radical (unpaired) electrons. The number of hydrogen-bond acceptors (Lipinski definition) is 5. The van der Waals surface area contributed by atoms with E-state index >= 15 is 0 Å². The van der Waals surface area contributed by atoms with Crippen LogP contribution in [0, 0.1) is 13.8 Å². The van der Waals surface area contributed by atoms with Gasteiger partial charge in [-0.05, 0) is 56.3 Å². The van der Waals surface area contributed by atoms with Gasteiger partial charge in [0.1, 0.15) is 5.75 Å². The Morgan fingerprint density at radius 3 is 2.48 bits per heavy atom. The Bertz CT molecular complexity index is 1320. The Labute approximate surface area is 198 Å². The number of pyridine rings is 1. The second-order valence-electron chi connectivity index (χ2n) is 8.44. The molecule has 0 spiro atoms. The van der Waals surface area contributed by atoms with Gasteiger partial charge >= 0.3 is 0 Å². The first-order chi connectivity index (χ1) is 16.0. The number of rotatable bonds is 4. The molecule has 1 aliphatic rings. The molecule has 2 aromatic carbocycles. The number of ether oxygens (including phenoxy) is 1. The molecule has 5 nitrogen and oxygen atoms in total. The smallest absolute Gasteiger partial charge is 0.254 e. The second-order valence-corrected chi connectivity index (χ2v) is 9.72. The summed E-state index contributed by atoms with van der Waals surface area (Å²) in [5, 5.41) is 0.921. The number of hydrogen-bond donors (Lipinski definition) is 0. The number of para-hydroxylation sites is 2. The first kappa shape index (κ1) is 21.5. The Balaban J connectivity index is 1.45. The van der Waals surface area contributed by atoms with Gasteiger partial charge in [-0.25, -0.2) is 4.98 Å². The van der Waals surface area contributed by atoms with Crippen molar-refractivity contribution in [1.29, 1.82) is 0 Å². The molecule has 4 aromatic rings. The minimum absolute atomic E-state index is 0.0715. The Kier molecular flexibility index (Phi) is 5.77. The van der Waals surface area contributed by atoms with Gasteiger partial charge < -0.3 is 14.5 Å². The second kappa shape index (κ2) is 8.87. The van der Waals surface area contributed by atoms with Crippen LogP contribution in [-0.4, -0.2) is 49.1 Å². The summed E-state index contributed by atoms with van der Waals surface area (Å²) in [6, 6.07) is 20.4. The van der Waals surface area contributed by atoms with Crippen LogP contribution in [0.5, 0.6) is 5.75 Å². The molecule has 5 rings (SSSR count). The summed E-state index contributed by atoms with van der Waals surface area (Å²) in [4.78, 5) is 25.2. The number of amides is 1. The number of piperazine rings is 1. The maximum Gasteiger partial charge on any atom is 0.254 e. The van der Waals surface area contributed by atoms with Gasteiger partial charge in [-0.1, -0.05) is 23.8 Å². The van der Waals surface area contributed by atoms with Crippen LogP contribution < -0.4 is 9.64 Å². The molecular formula is C27H27N3O2S. The van der Waals surface area contributed by atoms with Gasteiger partial charge in [0.15, 0.2) is 0 Å². The highest BCUT2D eigenvalue weighted by Gasteiger charge is 2.25. The standard InChI is InChI=1S/C27H27N3O2S/c1-18-8-10-22-20(16-18)21(17-23(28-22)26-11-9-19(2)33-26)27(31)30-14-12-29(13-15-30)24-6-4-5-7-25(24)32-3/h4-11,16-17H,12-15H2,1-3H3. The Morgan fingerprint density at radius 2 is 1.76 bits per heavy atom. The first-order valence-electron chi connectivity index (χ1n) is 11.2. The van der Waals surface area contributed by atoms with Gasteiger partial charge in [0, 0.05) is 36.4 Å². The van der Waals surface area contributed by atoms with E-state index in [-0.39, 0.29) is 5.91 Å². The molecule has 3 heterocycles. The van der Waals surface area contributed by atoms with Crippen LogP contribution in [0.25, 0.3) is 21.5 Å². The largest absolute Gasteiger partial charge is 0.495 e.